The summed E-state index contributed by atoms with van der Waals surface area (Å²) < 4.78 is 37.9. The lowest BCUT2D eigenvalue weighted by Gasteiger charge is -2.35. The first kappa shape index (κ1) is 14.4. The quantitative estimate of drug-likeness (QED) is 0.852. The normalized spacial score (nSPS) is 19.4. The Morgan fingerprint density at radius 2 is 1.84 bits per heavy atom. The zero-order valence-corrected chi connectivity index (χ0v) is 11.2. The van der Waals surface area contributed by atoms with Gasteiger partial charge >= 0.3 is 6.18 Å². The Balaban J connectivity index is 1.99. The summed E-state index contributed by atoms with van der Waals surface area (Å²) in [5.74, 6) is 0. The van der Waals surface area contributed by atoms with Crippen molar-refractivity contribution in [3.8, 4) is 0 Å². The molecule has 1 aliphatic rings. The lowest BCUT2D eigenvalue weighted by molar-refractivity contribution is -0.137. The van der Waals surface area contributed by atoms with Crippen LogP contribution in [-0.4, -0.2) is 5.54 Å². The van der Waals surface area contributed by atoms with Gasteiger partial charge in [-0.25, -0.2) is 0 Å². The van der Waals surface area contributed by atoms with Gasteiger partial charge in [0.15, 0.2) is 0 Å². The van der Waals surface area contributed by atoms with E-state index in [2.05, 4.69) is 12.2 Å². The molecule has 1 aromatic carbocycles. The van der Waals surface area contributed by atoms with Gasteiger partial charge in [-0.15, -0.1) is 0 Å². The van der Waals surface area contributed by atoms with E-state index < -0.39 is 11.7 Å². The first-order valence-corrected chi connectivity index (χ1v) is 6.80. The summed E-state index contributed by atoms with van der Waals surface area (Å²) in [7, 11) is 0. The molecule has 106 valence electrons. The minimum Gasteiger partial charge on any atom is -0.307 e. The zero-order chi connectivity index (χ0) is 13.9. The van der Waals surface area contributed by atoms with Crippen LogP contribution in [0.1, 0.15) is 50.2 Å². The molecule has 0 spiro atoms. The maximum Gasteiger partial charge on any atom is 0.416 e. The van der Waals surface area contributed by atoms with Crippen LogP contribution in [0.2, 0.25) is 0 Å². The van der Waals surface area contributed by atoms with E-state index in [4.69, 9.17) is 0 Å². The molecule has 1 saturated carbocycles. The van der Waals surface area contributed by atoms with Crippen LogP contribution in [0, 0.1) is 0 Å². The van der Waals surface area contributed by atoms with Crippen LogP contribution in [-0.2, 0) is 12.7 Å². The number of hydrogen-bond acceptors (Lipinski definition) is 1. The Morgan fingerprint density at radius 3 is 2.47 bits per heavy atom. The Bertz CT molecular complexity index is 420. The standard InChI is InChI=1S/C15H20F3N/c1-14(8-3-2-4-9-14)19-11-12-6-5-7-13(10-12)15(16,17)18/h5-7,10,19H,2-4,8-9,11H2,1H3. The molecule has 0 atom stereocenters. The summed E-state index contributed by atoms with van der Waals surface area (Å²) in [6.45, 7) is 2.67. The van der Waals surface area contributed by atoms with E-state index in [1.807, 2.05) is 0 Å². The van der Waals surface area contributed by atoms with Gasteiger partial charge in [0.05, 0.1) is 5.56 Å². The van der Waals surface area contributed by atoms with Crippen molar-refractivity contribution in [2.75, 3.05) is 0 Å². The number of benzene rings is 1. The van der Waals surface area contributed by atoms with Gasteiger partial charge in [-0.3, -0.25) is 0 Å². The van der Waals surface area contributed by atoms with E-state index in [1.165, 1.54) is 31.4 Å². The maximum atomic E-state index is 12.6. The van der Waals surface area contributed by atoms with Crippen molar-refractivity contribution >= 4 is 0 Å². The molecular formula is C15H20F3N. The van der Waals surface area contributed by atoms with Gasteiger partial charge in [-0.05, 0) is 31.4 Å². The van der Waals surface area contributed by atoms with Gasteiger partial charge in [0.1, 0.15) is 0 Å². The number of halogens is 3. The third kappa shape index (κ3) is 3.96. The minimum absolute atomic E-state index is 0.0759. The predicted molar refractivity (Wildman–Crippen MR) is 69.8 cm³/mol. The molecule has 1 nitrogen and oxygen atoms in total. The second kappa shape index (κ2) is 5.53. The summed E-state index contributed by atoms with van der Waals surface area (Å²) in [5.41, 5.74) is 0.203. The second-order valence-corrected chi connectivity index (χ2v) is 5.67. The van der Waals surface area contributed by atoms with Crippen molar-refractivity contribution in [2.45, 2.75) is 57.3 Å². The zero-order valence-electron chi connectivity index (χ0n) is 11.2. The van der Waals surface area contributed by atoms with Crippen LogP contribution in [0.15, 0.2) is 24.3 Å². The SMILES string of the molecule is CC1(NCc2cccc(C(F)(F)F)c2)CCCCC1. The summed E-state index contributed by atoms with van der Waals surface area (Å²) >= 11 is 0. The molecule has 0 aromatic heterocycles. The molecule has 4 heteroatoms. The highest BCUT2D eigenvalue weighted by Gasteiger charge is 2.30. The summed E-state index contributed by atoms with van der Waals surface area (Å²) in [4.78, 5) is 0. The molecule has 0 heterocycles. The van der Waals surface area contributed by atoms with Gasteiger partial charge in [0.2, 0.25) is 0 Å². The van der Waals surface area contributed by atoms with Gasteiger partial charge in [-0.1, -0.05) is 37.5 Å². The Hall–Kier alpha value is -1.03. The molecule has 1 aromatic rings. The van der Waals surface area contributed by atoms with E-state index in [0.717, 1.165) is 18.9 Å². The molecule has 0 unspecified atom stereocenters. The van der Waals surface area contributed by atoms with Crippen molar-refractivity contribution in [3.05, 3.63) is 35.4 Å². The van der Waals surface area contributed by atoms with Crippen molar-refractivity contribution in [1.82, 2.24) is 5.32 Å². The van der Waals surface area contributed by atoms with Gasteiger partial charge in [-0.2, -0.15) is 13.2 Å². The van der Waals surface area contributed by atoms with E-state index in [1.54, 1.807) is 6.07 Å². The maximum absolute atomic E-state index is 12.6. The molecule has 0 aliphatic heterocycles. The lowest BCUT2D eigenvalue weighted by Crippen LogP contribution is -2.43. The van der Waals surface area contributed by atoms with Crippen LogP contribution in [0.25, 0.3) is 0 Å². The van der Waals surface area contributed by atoms with Gasteiger partial charge < -0.3 is 5.32 Å². The third-order valence-electron chi connectivity index (χ3n) is 3.93. The van der Waals surface area contributed by atoms with Crippen molar-refractivity contribution in [3.63, 3.8) is 0 Å². The van der Waals surface area contributed by atoms with Crippen LogP contribution >= 0.6 is 0 Å². The Morgan fingerprint density at radius 1 is 1.16 bits per heavy atom. The Kier molecular flexibility index (Phi) is 4.19. The van der Waals surface area contributed by atoms with Gasteiger partial charge in [0, 0.05) is 12.1 Å². The average Bonchev–Trinajstić information content (AvgIpc) is 2.37. The smallest absolute Gasteiger partial charge is 0.307 e. The molecule has 1 fully saturated rings. The van der Waals surface area contributed by atoms with Crippen molar-refractivity contribution < 1.29 is 13.2 Å². The largest absolute Gasteiger partial charge is 0.416 e. The highest BCUT2D eigenvalue weighted by Crippen LogP contribution is 2.30. The van der Waals surface area contributed by atoms with Crippen LogP contribution in [0.4, 0.5) is 13.2 Å². The van der Waals surface area contributed by atoms with Crippen LogP contribution in [0.5, 0.6) is 0 Å². The van der Waals surface area contributed by atoms with E-state index in [-0.39, 0.29) is 5.54 Å². The molecule has 2 rings (SSSR count). The first-order valence-electron chi connectivity index (χ1n) is 6.80. The lowest BCUT2D eigenvalue weighted by atomic mass is 9.83. The summed E-state index contributed by atoms with van der Waals surface area (Å²) in [6.07, 6.45) is 1.61. The molecule has 0 amide bonds. The molecule has 0 bridgehead atoms. The van der Waals surface area contributed by atoms with Crippen LogP contribution < -0.4 is 5.32 Å². The molecular weight excluding hydrogens is 251 g/mol. The molecule has 0 radical (unpaired) electrons. The highest BCUT2D eigenvalue weighted by molar-refractivity contribution is 5.25. The first-order chi connectivity index (χ1) is 8.89. The van der Waals surface area contributed by atoms with Gasteiger partial charge in [0.25, 0.3) is 0 Å². The predicted octanol–water partition coefficient (Wildman–Crippen LogP) is 4.52. The molecule has 19 heavy (non-hydrogen) atoms. The number of nitrogens with one attached hydrogen (secondary N) is 1. The minimum atomic E-state index is -4.26. The number of rotatable bonds is 3. The summed E-state index contributed by atoms with van der Waals surface area (Å²) in [5, 5.41) is 3.43. The van der Waals surface area contributed by atoms with Crippen molar-refractivity contribution in [2.24, 2.45) is 0 Å². The topological polar surface area (TPSA) is 12.0 Å². The van der Waals surface area contributed by atoms with E-state index in [0.29, 0.717) is 12.1 Å². The number of hydrogen-bond donors (Lipinski definition) is 1. The average molecular weight is 271 g/mol. The van der Waals surface area contributed by atoms with E-state index >= 15 is 0 Å². The fourth-order valence-corrected chi connectivity index (χ4v) is 2.68. The van der Waals surface area contributed by atoms with E-state index in [9.17, 15) is 13.2 Å². The van der Waals surface area contributed by atoms with Crippen molar-refractivity contribution in [1.29, 1.82) is 0 Å². The Labute approximate surface area is 112 Å². The second-order valence-electron chi connectivity index (χ2n) is 5.67. The highest BCUT2D eigenvalue weighted by atomic mass is 19.4. The fourth-order valence-electron chi connectivity index (χ4n) is 2.68. The summed E-state index contributed by atoms with van der Waals surface area (Å²) in [6, 6.07) is 5.57. The monoisotopic (exact) mass is 271 g/mol. The fraction of sp³-hybridized carbons (Fsp3) is 0.600. The molecule has 1 aliphatic carbocycles. The number of alkyl halides is 3. The van der Waals surface area contributed by atoms with Crippen LogP contribution in [0.3, 0.4) is 0 Å². The molecule has 0 saturated heterocycles. The third-order valence-corrected chi connectivity index (χ3v) is 3.93. The molecule has 1 N–H and O–H groups in total.